The lowest BCUT2D eigenvalue weighted by molar-refractivity contribution is -0.137. The fraction of sp³-hybridized carbons (Fsp3) is 0.364. The summed E-state index contributed by atoms with van der Waals surface area (Å²) in [6, 6.07) is 5.98. The molecule has 0 bridgehead atoms. The van der Waals surface area contributed by atoms with Crippen LogP contribution >= 0.6 is 0 Å². The first-order valence-corrected chi connectivity index (χ1v) is 10.2. The number of nitrogens with one attached hydrogen (secondary N) is 2. The van der Waals surface area contributed by atoms with Gasteiger partial charge in [0.15, 0.2) is 11.5 Å². The van der Waals surface area contributed by atoms with Gasteiger partial charge in [-0.1, -0.05) is 0 Å². The molecule has 1 aliphatic rings. The Bertz CT molecular complexity index is 1220. The number of methoxy groups -OCH3 is 1. The number of nitrogen functional groups attached to an aromatic ring is 1. The summed E-state index contributed by atoms with van der Waals surface area (Å²) in [6.07, 6.45) is -3.95. The van der Waals surface area contributed by atoms with Gasteiger partial charge in [-0.3, -0.25) is 0 Å². The molecule has 176 valence electrons. The van der Waals surface area contributed by atoms with Crippen LogP contribution in [0.4, 0.5) is 24.7 Å². The zero-order valence-electron chi connectivity index (χ0n) is 18.0. The number of hydrogen-bond acceptors (Lipinski definition) is 7. The molecule has 0 aliphatic carbocycles. The van der Waals surface area contributed by atoms with Crippen molar-refractivity contribution in [1.82, 2.24) is 9.97 Å². The smallest absolute Gasteiger partial charge is 0.416 e. The van der Waals surface area contributed by atoms with Gasteiger partial charge in [-0.05, 0) is 36.8 Å². The number of rotatable bonds is 6. The van der Waals surface area contributed by atoms with Crippen molar-refractivity contribution in [1.29, 1.82) is 0 Å². The zero-order valence-corrected chi connectivity index (χ0v) is 18.0. The summed E-state index contributed by atoms with van der Waals surface area (Å²) in [4.78, 5) is 18.8. The number of nitrogens with two attached hydrogens (primary N) is 1. The molecule has 0 unspecified atom stereocenters. The third-order valence-corrected chi connectivity index (χ3v) is 5.35. The highest BCUT2D eigenvalue weighted by Gasteiger charge is 2.31. The molecule has 1 aliphatic heterocycles. The summed E-state index contributed by atoms with van der Waals surface area (Å²) < 4.78 is 56.4. The normalized spacial score (nSPS) is 17.2. The van der Waals surface area contributed by atoms with Crippen molar-refractivity contribution in [2.24, 2.45) is 0 Å². The Labute approximate surface area is 186 Å². The quantitative estimate of drug-likeness (QED) is 0.475. The monoisotopic (exact) mass is 464 g/mol. The first-order valence-electron chi connectivity index (χ1n) is 10.2. The van der Waals surface area contributed by atoms with Crippen molar-refractivity contribution >= 4 is 22.4 Å². The van der Waals surface area contributed by atoms with Gasteiger partial charge in [-0.15, -0.1) is 0 Å². The van der Waals surface area contributed by atoms with Gasteiger partial charge in [0.1, 0.15) is 11.9 Å². The molecule has 1 fully saturated rings. The number of halogens is 3. The zero-order chi connectivity index (χ0) is 23.8. The van der Waals surface area contributed by atoms with Crippen LogP contribution in [0.25, 0.3) is 10.9 Å². The van der Waals surface area contributed by atoms with E-state index in [1.54, 1.807) is 19.1 Å². The molecule has 11 heteroatoms. The summed E-state index contributed by atoms with van der Waals surface area (Å²) in [6.45, 7) is 2.70. The van der Waals surface area contributed by atoms with Crippen molar-refractivity contribution in [3.8, 4) is 11.5 Å². The van der Waals surface area contributed by atoms with Gasteiger partial charge in [0.25, 0.3) is 0 Å². The molecule has 1 saturated heterocycles. The molecule has 4 rings (SSSR count). The molecular weight excluding hydrogens is 441 g/mol. The summed E-state index contributed by atoms with van der Waals surface area (Å²) in [7, 11) is 1.48. The minimum absolute atomic E-state index is 0.0172. The molecule has 1 aromatic heterocycles. The number of alkyl halides is 3. The van der Waals surface area contributed by atoms with E-state index in [1.165, 1.54) is 13.2 Å². The van der Waals surface area contributed by atoms with E-state index in [4.69, 9.17) is 19.9 Å². The highest BCUT2D eigenvalue weighted by atomic mass is 19.4. The van der Waals surface area contributed by atoms with Crippen LogP contribution in [0, 0.1) is 0 Å². The molecule has 2 atom stereocenters. The summed E-state index contributed by atoms with van der Waals surface area (Å²) >= 11 is 0. The van der Waals surface area contributed by atoms with Gasteiger partial charge in [0, 0.05) is 23.6 Å². The predicted molar refractivity (Wildman–Crippen MR) is 117 cm³/mol. The first-order chi connectivity index (χ1) is 15.6. The third kappa shape index (κ3) is 4.98. The fourth-order valence-corrected chi connectivity index (χ4v) is 3.69. The lowest BCUT2D eigenvalue weighted by atomic mass is 10.0. The Morgan fingerprint density at radius 3 is 2.70 bits per heavy atom. The van der Waals surface area contributed by atoms with Crippen LogP contribution in [-0.2, 0) is 10.9 Å². The van der Waals surface area contributed by atoms with E-state index >= 15 is 0 Å². The number of aromatic nitrogens is 2. The van der Waals surface area contributed by atoms with E-state index in [9.17, 15) is 18.0 Å². The highest BCUT2D eigenvalue weighted by Crippen LogP contribution is 2.37. The van der Waals surface area contributed by atoms with E-state index < -0.39 is 23.5 Å². The van der Waals surface area contributed by atoms with Crippen LogP contribution in [0.3, 0.4) is 0 Å². The Hall–Kier alpha value is -3.47. The maximum atomic E-state index is 13.2. The van der Waals surface area contributed by atoms with Gasteiger partial charge in [0.05, 0.1) is 37.4 Å². The second-order valence-corrected chi connectivity index (χ2v) is 7.79. The molecular formula is C22H23F3N4O4. The molecule has 0 radical (unpaired) electrons. The number of benzene rings is 2. The van der Waals surface area contributed by atoms with Crippen LogP contribution in [0.5, 0.6) is 11.5 Å². The number of nitrogens with zero attached hydrogens (tertiary/aromatic N) is 1. The minimum Gasteiger partial charge on any atom is -0.493 e. The van der Waals surface area contributed by atoms with Gasteiger partial charge in [-0.25, -0.2) is 4.79 Å². The van der Waals surface area contributed by atoms with E-state index in [1.807, 2.05) is 0 Å². The minimum atomic E-state index is -4.54. The van der Waals surface area contributed by atoms with Gasteiger partial charge in [0.2, 0.25) is 0 Å². The topological polar surface area (TPSA) is 111 Å². The van der Waals surface area contributed by atoms with Crippen LogP contribution in [-0.4, -0.2) is 36.4 Å². The molecule has 0 spiro atoms. The van der Waals surface area contributed by atoms with Crippen molar-refractivity contribution in [2.75, 3.05) is 31.4 Å². The van der Waals surface area contributed by atoms with Gasteiger partial charge in [-0.2, -0.15) is 18.2 Å². The Morgan fingerprint density at radius 1 is 1.24 bits per heavy atom. The van der Waals surface area contributed by atoms with Crippen LogP contribution in [0.2, 0.25) is 0 Å². The van der Waals surface area contributed by atoms with E-state index in [0.717, 1.165) is 18.6 Å². The fourth-order valence-electron chi connectivity index (χ4n) is 3.69. The Kier molecular flexibility index (Phi) is 6.07. The van der Waals surface area contributed by atoms with Crippen LogP contribution < -0.4 is 26.2 Å². The van der Waals surface area contributed by atoms with Gasteiger partial charge < -0.3 is 30.2 Å². The molecule has 0 amide bonds. The van der Waals surface area contributed by atoms with Crippen molar-refractivity contribution in [2.45, 2.75) is 31.7 Å². The molecule has 8 nitrogen and oxygen atoms in total. The number of aromatic amines is 1. The molecule has 0 saturated carbocycles. The van der Waals surface area contributed by atoms with E-state index in [0.29, 0.717) is 41.2 Å². The van der Waals surface area contributed by atoms with E-state index in [2.05, 4.69) is 15.3 Å². The number of fused-ring (bicyclic) bond motifs is 1. The van der Waals surface area contributed by atoms with Crippen molar-refractivity contribution in [3.05, 3.63) is 51.9 Å². The largest absolute Gasteiger partial charge is 0.493 e. The number of H-pyrrole nitrogens is 1. The Balaban J connectivity index is 1.72. The average molecular weight is 464 g/mol. The predicted octanol–water partition coefficient (Wildman–Crippen LogP) is 3.87. The highest BCUT2D eigenvalue weighted by molar-refractivity contribution is 5.91. The number of ether oxygens (including phenoxy) is 3. The molecule has 2 heterocycles. The van der Waals surface area contributed by atoms with Crippen LogP contribution in [0.1, 0.15) is 30.5 Å². The second-order valence-electron chi connectivity index (χ2n) is 7.79. The van der Waals surface area contributed by atoms with E-state index in [-0.39, 0.29) is 17.6 Å². The van der Waals surface area contributed by atoms with Crippen LogP contribution in [0.15, 0.2) is 35.1 Å². The Morgan fingerprint density at radius 2 is 2.03 bits per heavy atom. The van der Waals surface area contributed by atoms with Crippen molar-refractivity contribution < 1.29 is 27.4 Å². The molecule has 3 aromatic rings. The maximum absolute atomic E-state index is 13.2. The average Bonchev–Trinajstić information content (AvgIpc) is 3.25. The summed E-state index contributed by atoms with van der Waals surface area (Å²) in [5, 5.41) is 3.54. The summed E-state index contributed by atoms with van der Waals surface area (Å²) in [5.41, 5.74) is 4.93. The molecule has 33 heavy (non-hydrogen) atoms. The summed E-state index contributed by atoms with van der Waals surface area (Å²) in [5.74, 6) is 1.04. The second kappa shape index (κ2) is 8.81. The maximum Gasteiger partial charge on any atom is 0.416 e. The SMILES string of the molecule is COc1cc2[nH]c(=O)nc(N[C@H](C)c3cc(N)cc(C(F)(F)F)c3)c2cc1O[C@H]1CCOC1. The first kappa shape index (κ1) is 22.7. The van der Waals surface area contributed by atoms with Gasteiger partial charge >= 0.3 is 11.9 Å². The lowest BCUT2D eigenvalue weighted by Crippen LogP contribution is -2.18. The standard InChI is InChI=1S/C22H23F3N4O4/c1-11(12-5-13(22(23,24)25)7-14(26)6-12)27-20-16-8-19(33-15-3-4-32-10-15)18(31-2)9-17(16)28-21(30)29-20/h5-9,11,15H,3-4,10,26H2,1-2H3,(H2,27,28,29,30)/t11-,15+/m1/s1. The molecule has 4 N–H and O–H groups in total. The number of hydrogen-bond donors (Lipinski definition) is 3. The molecule has 2 aromatic carbocycles. The van der Waals surface area contributed by atoms with Crippen molar-refractivity contribution in [3.63, 3.8) is 0 Å². The lowest BCUT2D eigenvalue weighted by Gasteiger charge is -2.20. The number of anilines is 2. The third-order valence-electron chi connectivity index (χ3n) is 5.35.